The van der Waals surface area contributed by atoms with Crippen molar-refractivity contribution in [2.24, 2.45) is 0 Å². The summed E-state index contributed by atoms with van der Waals surface area (Å²) in [5, 5.41) is -2.36. The van der Waals surface area contributed by atoms with Crippen LogP contribution in [0.25, 0.3) is 0 Å². The minimum atomic E-state index is -2.18. The van der Waals surface area contributed by atoms with Crippen molar-refractivity contribution in [3.8, 4) is 0 Å². The van der Waals surface area contributed by atoms with Gasteiger partial charge in [-0.3, -0.25) is 0 Å². The van der Waals surface area contributed by atoms with Crippen LogP contribution < -0.4 is 5.73 Å². The van der Waals surface area contributed by atoms with Crippen molar-refractivity contribution < 1.29 is 4.39 Å². The molecule has 0 aliphatic rings. The summed E-state index contributed by atoms with van der Waals surface area (Å²) in [5.74, 6) is -0.448. The molecule has 66 valence electrons. The molecule has 2 N–H and O–H groups in total. The first-order valence-corrected chi connectivity index (χ1v) is 3.70. The van der Waals surface area contributed by atoms with Crippen molar-refractivity contribution in [2.75, 3.05) is 5.73 Å². The first kappa shape index (κ1) is 9.41. The van der Waals surface area contributed by atoms with Crippen LogP contribution in [0, 0.1) is 0 Å². The van der Waals surface area contributed by atoms with E-state index >= 15 is 0 Å². The average Bonchev–Trinajstić information content (AvgIpc) is 1.82. The number of halogens is 3. The van der Waals surface area contributed by atoms with Gasteiger partial charge in [0.15, 0.2) is 5.82 Å². The Morgan fingerprint density at radius 1 is 1.42 bits per heavy atom. The molecule has 0 aromatic carbocycles. The topological polar surface area (TPSA) is 64.7 Å². The third-order valence-electron chi connectivity index (χ3n) is 1.02. The number of hydrogen-bond acceptors (Lipinski definition) is 4. The van der Waals surface area contributed by atoms with Gasteiger partial charge in [0.1, 0.15) is 0 Å². The highest BCUT2D eigenvalue weighted by Gasteiger charge is 2.26. The second-order valence-electron chi connectivity index (χ2n) is 2.17. The maximum absolute atomic E-state index is 13.0. The van der Waals surface area contributed by atoms with E-state index in [-0.39, 0.29) is 17.1 Å². The molecule has 0 aliphatic heterocycles. The normalized spacial score (nSPS) is 15.7. The van der Waals surface area contributed by atoms with Gasteiger partial charge >= 0.3 is 0 Å². The van der Waals surface area contributed by atoms with E-state index in [1.807, 2.05) is 0 Å². The molecule has 0 fully saturated rings. The predicted octanol–water partition coefficient (Wildman–Crippen LogP) is 1.49. The second-order valence-corrected chi connectivity index (χ2v) is 3.22. The van der Waals surface area contributed by atoms with Crippen molar-refractivity contribution in [3.05, 3.63) is 11.1 Å². The lowest BCUT2D eigenvalue weighted by Crippen LogP contribution is -2.13. The quantitative estimate of drug-likeness (QED) is 0.714. The van der Waals surface area contributed by atoms with Crippen LogP contribution in [0.1, 0.15) is 12.7 Å². The number of nitrogens with zero attached hydrogens (tertiary/aromatic N) is 3. The highest BCUT2D eigenvalue weighted by molar-refractivity contribution is 6.28. The summed E-state index contributed by atoms with van der Waals surface area (Å²) in [7, 11) is 0. The molecule has 0 saturated carbocycles. The maximum atomic E-state index is 13.0. The number of alkyl halides is 2. The molecule has 1 rings (SSSR count). The zero-order chi connectivity index (χ0) is 9.35. The smallest absolute Gasteiger partial charge is 0.239 e. The zero-order valence-corrected chi connectivity index (χ0v) is 7.56. The van der Waals surface area contributed by atoms with E-state index in [1.54, 1.807) is 0 Å². The highest BCUT2D eigenvalue weighted by Crippen LogP contribution is 2.27. The number of nitrogens with two attached hydrogens (primary N) is 1. The molecule has 0 radical (unpaired) electrons. The van der Waals surface area contributed by atoms with E-state index in [9.17, 15) is 4.39 Å². The number of nitrogen functional groups attached to an aromatic ring is 1. The molecule has 0 amide bonds. The predicted molar refractivity (Wildman–Crippen MR) is 43.6 cm³/mol. The molecule has 1 atom stereocenters. The summed E-state index contributed by atoms with van der Waals surface area (Å²) in [6, 6.07) is 0. The lowest BCUT2D eigenvalue weighted by molar-refractivity contribution is 0.297. The van der Waals surface area contributed by atoms with Gasteiger partial charge in [-0.2, -0.15) is 15.0 Å². The summed E-state index contributed by atoms with van der Waals surface area (Å²) in [6.07, 6.45) is 0. The van der Waals surface area contributed by atoms with Crippen molar-refractivity contribution in [3.63, 3.8) is 0 Å². The first-order chi connectivity index (χ1) is 5.39. The van der Waals surface area contributed by atoms with Crippen LogP contribution in [0.2, 0.25) is 5.28 Å². The van der Waals surface area contributed by atoms with E-state index in [1.165, 1.54) is 0 Å². The van der Waals surface area contributed by atoms with Gasteiger partial charge in [0.05, 0.1) is 0 Å². The molecule has 0 spiro atoms. The summed E-state index contributed by atoms with van der Waals surface area (Å²) in [6.45, 7) is 1.08. The van der Waals surface area contributed by atoms with Gasteiger partial charge in [-0.15, -0.1) is 0 Å². The van der Waals surface area contributed by atoms with Crippen molar-refractivity contribution in [1.82, 2.24) is 15.0 Å². The lowest BCUT2D eigenvalue weighted by Gasteiger charge is -2.09. The molecule has 12 heavy (non-hydrogen) atoms. The van der Waals surface area contributed by atoms with Gasteiger partial charge in [-0.1, -0.05) is 11.6 Å². The molecular formula is C5H5Cl2FN4. The Kier molecular flexibility index (Phi) is 2.34. The molecular weight excluding hydrogens is 206 g/mol. The number of aromatic nitrogens is 3. The first-order valence-electron chi connectivity index (χ1n) is 2.95. The minimum absolute atomic E-state index is 0.158. The van der Waals surface area contributed by atoms with Crippen molar-refractivity contribution in [2.45, 2.75) is 12.1 Å². The van der Waals surface area contributed by atoms with Crippen molar-refractivity contribution in [1.29, 1.82) is 0 Å². The summed E-state index contributed by atoms with van der Waals surface area (Å²) < 4.78 is 13.0. The van der Waals surface area contributed by atoms with Crippen molar-refractivity contribution >= 4 is 29.2 Å². The fourth-order valence-electron chi connectivity index (χ4n) is 0.562. The van der Waals surface area contributed by atoms with Crippen LogP contribution >= 0.6 is 23.2 Å². The van der Waals surface area contributed by atoms with E-state index in [2.05, 4.69) is 15.0 Å². The zero-order valence-electron chi connectivity index (χ0n) is 6.05. The Morgan fingerprint density at radius 3 is 2.42 bits per heavy atom. The number of hydrogen-bond donors (Lipinski definition) is 1. The summed E-state index contributed by atoms with van der Waals surface area (Å²) in [5.41, 5.74) is 5.18. The lowest BCUT2D eigenvalue weighted by atomic mass is 10.4. The van der Waals surface area contributed by atoms with Gasteiger partial charge < -0.3 is 5.73 Å². The second kappa shape index (κ2) is 2.99. The van der Waals surface area contributed by atoms with E-state index in [0.29, 0.717) is 0 Å². The van der Waals surface area contributed by atoms with Crippen LogP contribution in [0.4, 0.5) is 10.3 Å². The number of anilines is 1. The monoisotopic (exact) mass is 210 g/mol. The van der Waals surface area contributed by atoms with Crippen LogP contribution in [0.5, 0.6) is 0 Å². The van der Waals surface area contributed by atoms with Gasteiger partial charge in [-0.05, 0) is 18.5 Å². The fourth-order valence-corrected chi connectivity index (χ4v) is 0.813. The van der Waals surface area contributed by atoms with Crippen LogP contribution in [-0.4, -0.2) is 15.0 Å². The molecule has 1 aromatic rings. The Morgan fingerprint density at radius 2 is 2.00 bits per heavy atom. The maximum Gasteiger partial charge on any atom is 0.239 e. The minimum Gasteiger partial charge on any atom is -0.368 e. The van der Waals surface area contributed by atoms with Crippen LogP contribution in [0.3, 0.4) is 0 Å². The van der Waals surface area contributed by atoms with Gasteiger partial charge in [-0.25, -0.2) is 4.39 Å². The molecule has 0 bridgehead atoms. The van der Waals surface area contributed by atoms with Crippen LogP contribution in [0.15, 0.2) is 0 Å². The van der Waals surface area contributed by atoms with E-state index < -0.39 is 5.13 Å². The highest BCUT2D eigenvalue weighted by atomic mass is 35.5. The molecule has 1 aromatic heterocycles. The molecule has 7 heteroatoms. The standard InChI is InChI=1S/C5H5Cl2FN4/c1-5(7,8)2-10-3(6)12-4(9)11-2/h1H3,(H2,9,10,11,12). The molecule has 1 heterocycles. The Bertz CT molecular complexity index is 278. The van der Waals surface area contributed by atoms with Gasteiger partial charge in [0, 0.05) is 0 Å². The fraction of sp³-hybridized carbons (Fsp3) is 0.400. The molecule has 1 unspecified atom stereocenters. The summed E-state index contributed by atoms with van der Waals surface area (Å²) in [4.78, 5) is 10.4. The SMILES string of the molecule is CC(F)(Cl)c1nc(N)nc(Cl)n1. The Balaban J connectivity index is 3.18. The Hall–Kier alpha value is -0.680. The van der Waals surface area contributed by atoms with Gasteiger partial charge in [0.2, 0.25) is 16.4 Å². The summed E-state index contributed by atoms with van der Waals surface area (Å²) >= 11 is 10.7. The number of rotatable bonds is 1. The average molecular weight is 211 g/mol. The third kappa shape index (κ3) is 2.15. The molecule has 0 saturated heterocycles. The van der Waals surface area contributed by atoms with Gasteiger partial charge in [0.25, 0.3) is 0 Å². The van der Waals surface area contributed by atoms with Crippen LogP contribution in [-0.2, 0) is 5.13 Å². The van der Waals surface area contributed by atoms with E-state index in [4.69, 9.17) is 28.9 Å². The van der Waals surface area contributed by atoms with E-state index in [0.717, 1.165) is 6.92 Å². The molecule has 0 aliphatic carbocycles. The largest absolute Gasteiger partial charge is 0.368 e. The molecule has 4 nitrogen and oxygen atoms in total. The third-order valence-corrected chi connectivity index (χ3v) is 1.36. The Labute approximate surface area is 77.9 Å².